The minimum absolute atomic E-state index is 0.0482. The van der Waals surface area contributed by atoms with E-state index in [-0.39, 0.29) is 6.04 Å². The Balaban J connectivity index is 1.66. The van der Waals surface area contributed by atoms with Crippen LogP contribution in [0.5, 0.6) is 5.75 Å². The van der Waals surface area contributed by atoms with Gasteiger partial charge >= 0.3 is 6.61 Å². The fraction of sp³-hybridized carbons (Fsp3) is 0.692. The number of fused-ring (bicyclic) bond motifs is 1. The Morgan fingerprint density at radius 1 is 1.38 bits per heavy atom. The van der Waals surface area contributed by atoms with Gasteiger partial charge in [0.1, 0.15) is 12.9 Å². The van der Waals surface area contributed by atoms with Gasteiger partial charge in [0.15, 0.2) is 11.6 Å². The predicted octanol–water partition coefficient (Wildman–Crippen LogP) is 2.24. The Morgan fingerprint density at radius 3 is 3.14 bits per heavy atom. The van der Waals surface area contributed by atoms with Gasteiger partial charge in [-0.1, -0.05) is 0 Å². The second-order valence-electron chi connectivity index (χ2n) is 5.20. The number of nitrogens with zero attached hydrogens (tertiary/aromatic N) is 2. The van der Waals surface area contributed by atoms with Crippen LogP contribution in [0.2, 0.25) is 0 Å². The minimum atomic E-state index is -2.71. The summed E-state index contributed by atoms with van der Waals surface area (Å²) >= 11 is 0. The van der Waals surface area contributed by atoms with Crippen LogP contribution in [0.1, 0.15) is 25.7 Å². The van der Waals surface area contributed by atoms with Crippen LogP contribution in [-0.2, 0) is 4.74 Å². The smallest absolute Gasteiger partial charge is 0.345 e. The largest absolute Gasteiger partial charge is 0.485 e. The quantitative estimate of drug-likeness (QED) is 0.889. The molecule has 1 aromatic rings. The molecule has 2 unspecified atom stereocenters. The molecule has 2 atom stereocenters. The number of anilines is 2. The maximum Gasteiger partial charge on any atom is 0.345 e. The Morgan fingerprint density at radius 2 is 2.29 bits per heavy atom. The molecule has 0 spiro atoms. The van der Waals surface area contributed by atoms with E-state index in [0.717, 1.165) is 12.8 Å². The molecule has 1 aliphatic heterocycles. The molecular weight excluding hydrogens is 282 g/mol. The van der Waals surface area contributed by atoms with Gasteiger partial charge in [-0.25, -0.2) is 9.97 Å². The number of nitrogens with one attached hydrogen (secondary N) is 2. The monoisotopic (exact) mass is 300 g/mol. The summed E-state index contributed by atoms with van der Waals surface area (Å²) in [5.74, 6) is 1.87. The molecule has 2 N–H and O–H groups in total. The zero-order chi connectivity index (χ0) is 14.7. The topological polar surface area (TPSA) is 68.3 Å². The molecule has 21 heavy (non-hydrogen) atoms. The number of rotatable bonds is 4. The summed E-state index contributed by atoms with van der Waals surface area (Å²) in [5, 5.41) is 6.41. The molecular formula is C13H18F2N4O2. The molecule has 8 heteroatoms. The van der Waals surface area contributed by atoms with Gasteiger partial charge in [-0.3, -0.25) is 0 Å². The molecule has 1 fully saturated rings. The molecule has 0 amide bonds. The maximum atomic E-state index is 12.3. The molecule has 2 heterocycles. The van der Waals surface area contributed by atoms with Crippen molar-refractivity contribution in [2.24, 2.45) is 0 Å². The van der Waals surface area contributed by atoms with E-state index in [1.165, 1.54) is 6.33 Å². The number of ether oxygens (including phenoxy) is 2. The maximum absolute atomic E-state index is 12.3. The lowest BCUT2D eigenvalue weighted by molar-refractivity contribution is -0.169. The average molecular weight is 300 g/mol. The van der Waals surface area contributed by atoms with E-state index < -0.39 is 12.7 Å². The summed E-state index contributed by atoms with van der Waals surface area (Å²) in [7, 11) is 0. The van der Waals surface area contributed by atoms with Crippen LogP contribution >= 0.6 is 0 Å². The third-order valence-electron chi connectivity index (χ3n) is 3.71. The predicted molar refractivity (Wildman–Crippen MR) is 72.8 cm³/mol. The highest BCUT2D eigenvalue weighted by Crippen LogP contribution is 2.33. The lowest BCUT2D eigenvalue weighted by Gasteiger charge is -2.30. The van der Waals surface area contributed by atoms with Crippen LogP contribution in [0.15, 0.2) is 6.33 Å². The van der Waals surface area contributed by atoms with E-state index in [9.17, 15) is 8.78 Å². The molecule has 1 aromatic heterocycles. The second-order valence-corrected chi connectivity index (χ2v) is 5.20. The van der Waals surface area contributed by atoms with Crippen molar-refractivity contribution < 1.29 is 18.3 Å². The summed E-state index contributed by atoms with van der Waals surface area (Å²) < 4.78 is 34.8. The Labute approximate surface area is 121 Å². The first kappa shape index (κ1) is 14.2. The zero-order valence-electron chi connectivity index (χ0n) is 11.5. The summed E-state index contributed by atoms with van der Waals surface area (Å²) in [5.41, 5.74) is 0. The van der Waals surface area contributed by atoms with Gasteiger partial charge in [-0.15, -0.1) is 0 Å². The fourth-order valence-electron chi connectivity index (χ4n) is 2.80. The molecule has 0 radical (unpaired) electrons. The van der Waals surface area contributed by atoms with Crippen LogP contribution in [0, 0.1) is 0 Å². The number of hydrogen-bond donors (Lipinski definition) is 2. The van der Waals surface area contributed by atoms with E-state index in [1.54, 1.807) is 0 Å². The lowest BCUT2D eigenvalue weighted by atomic mass is 9.93. The van der Waals surface area contributed by atoms with Crippen LogP contribution in [0.3, 0.4) is 0 Å². The van der Waals surface area contributed by atoms with Crippen molar-refractivity contribution >= 4 is 11.6 Å². The van der Waals surface area contributed by atoms with Gasteiger partial charge in [-0.05, 0) is 25.7 Å². The standard InChI is InChI=1S/C13H18F2N4O2/c14-13(15)21-9-3-1-2-8(6-9)19-12-10-11(17-7-18-12)16-4-5-20-10/h7-9,13H,1-6H2,(H2,16,17,18,19). The SMILES string of the molecule is FC(F)OC1CCCC(Nc2ncnc3c2OCCN3)C1. The molecule has 1 saturated carbocycles. The zero-order valence-corrected chi connectivity index (χ0v) is 11.5. The number of halogens is 2. The molecule has 116 valence electrons. The van der Waals surface area contributed by atoms with E-state index >= 15 is 0 Å². The van der Waals surface area contributed by atoms with Crippen molar-refractivity contribution in [1.29, 1.82) is 0 Å². The first-order chi connectivity index (χ1) is 10.2. The van der Waals surface area contributed by atoms with Gasteiger partial charge in [0.25, 0.3) is 0 Å². The molecule has 0 bridgehead atoms. The first-order valence-corrected chi connectivity index (χ1v) is 7.14. The Kier molecular flexibility index (Phi) is 4.33. The fourth-order valence-corrected chi connectivity index (χ4v) is 2.80. The summed E-state index contributed by atoms with van der Waals surface area (Å²) in [6.07, 6.45) is 4.00. The van der Waals surface area contributed by atoms with Gasteiger partial charge in [-0.2, -0.15) is 8.78 Å². The minimum Gasteiger partial charge on any atom is -0.485 e. The molecule has 6 nitrogen and oxygen atoms in total. The lowest BCUT2D eigenvalue weighted by Crippen LogP contribution is -2.33. The van der Waals surface area contributed by atoms with Gasteiger partial charge < -0.3 is 20.1 Å². The van der Waals surface area contributed by atoms with Gasteiger partial charge in [0.05, 0.1) is 12.6 Å². The van der Waals surface area contributed by atoms with Crippen LogP contribution in [0.4, 0.5) is 20.4 Å². The number of hydrogen-bond acceptors (Lipinski definition) is 6. The van der Waals surface area contributed by atoms with Crippen molar-refractivity contribution in [2.45, 2.75) is 44.4 Å². The van der Waals surface area contributed by atoms with E-state index in [0.29, 0.717) is 43.4 Å². The highest BCUT2D eigenvalue weighted by Gasteiger charge is 2.27. The van der Waals surface area contributed by atoms with Gasteiger partial charge in [0, 0.05) is 6.04 Å². The third-order valence-corrected chi connectivity index (χ3v) is 3.71. The molecule has 1 aliphatic carbocycles. The molecule has 0 saturated heterocycles. The third kappa shape index (κ3) is 3.49. The van der Waals surface area contributed by atoms with E-state index in [1.807, 2.05) is 0 Å². The summed E-state index contributed by atoms with van der Waals surface area (Å²) in [6.45, 7) is -1.46. The van der Waals surface area contributed by atoms with Crippen molar-refractivity contribution in [2.75, 3.05) is 23.8 Å². The van der Waals surface area contributed by atoms with Crippen molar-refractivity contribution in [3.63, 3.8) is 0 Å². The van der Waals surface area contributed by atoms with Gasteiger partial charge in [0.2, 0.25) is 5.75 Å². The summed E-state index contributed by atoms with van der Waals surface area (Å²) in [4.78, 5) is 8.31. The first-order valence-electron chi connectivity index (χ1n) is 7.14. The van der Waals surface area contributed by atoms with Crippen molar-refractivity contribution in [1.82, 2.24) is 9.97 Å². The second kappa shape index (κ2) is 6.38. The Hall–Kier alpha value is -1.70. The van der Waals surface area contributed by atoms with Crippen molar-refractivity contribution in [3.05, 3.63) is 6.33 Å². The highest BCUT2D eigenvalue weighted by molar-refractivity contribution is 5.64. The molecule has 0 aromatic carbocycles. The summed E-state index contributed by atoms with van der Waals surface area (Å²) in [6, 6.07) is 0.0482. The van der Waals surface area contributed by atoms with Crippen LogP contribution in [0.25, 0.3) is 0 Å². The normalized spacial score (nSPS) is 24.9. The number of aromatic nitrogens is 2. The molecule has 2 aliphatic rings. The average Bonchev–Trinajstić information content (AvgIpc) is 2.47. The number of alkyl halides is 2. The Bertz CT molecular complexity index is 489. The van der Waals surface area contributed by atoms with Crippen LogP contribution < -0.4 is 15.4 Å². The van der Waals surface area contributed by atoms with E-state index in [2.05, 4.69) is 25.3 Å². The van der Waals surface area contributed by atoms with E-state index in [4.69, 9.17) is 4.74 Å². The highest BCUT2D eigenvalue weighted by atomic mass is 19.3. The van der Waals surface area contributed by atoms with Crippen molar-refractivity contribution in [3.8, 4) is 5.75 Å². The molecule has 3 rings (SSSR count). The van der Waals surface area contributed by atoms with Crippen LogP contribution in [-0.4, -0.2) is 41.9 Å².